The number of hydrogen-bond donors (Lipinski definition) is 1. The summed E-state index contributed by atoms with van der Waals surface area (Å²) in [6.07, 6.45) is 2.67. The second-order valence-electron chi connectivity index (χ2n) is 6.38. The van der Waals surface area contributed by atoms with Gasteiger partial charge < -0.3 is 10.5 Å². The van der Waals surface area contributed by atoms with Gasteiger partial charge in [-0.2, -0.15) is 0 Å². The Morgan fingerprint density at radius 1 is 1.14 bits per heavy atom. The van der Waals surface area contributed by atoms with Crippen LogP contribution in [0.1, 0.15) is 37.5 Å². The van der Waals surface area contributed by atoms with Gasteiger partial charge in [-0.3, -0.25) is 0 Å². The Kier molecular flexibility index (Phi) is 4.63. The fraction of sp³-hybridized carbons (Fsp3) is 0.389. The monoisotopic (exact) mass is 284 g/mol. The molecule has 2 N–H and O–H groups in total. The normalized spacial score (nSPS) is 11.5. The molecule has 0 aliphatic rings. The van der Waals surface area contributed by atoms with Crippen LogP contribution in [-0.2, 0) is 11.8 Å². The number of ether oxygens (including phenoxy) is 1. The number of hydrogen-bond acceptors (Lipinski definition) is 3. The zero-order valence-corrected chi connectivity index (χ0v) is 13.3. The summed E-state index contributed by atoms with van der Waals surface area (Å²) in [5, 5.41) is 0. The van der Waals surface area contributed by atoms with E-state index in [0.29, 0.717) is 12.4 Å². The minimum Gasteiger partial charge on any atom is -0.439 e. The van der Waals surface area contributed by atoms with Crippen LogP contribution in [0.5, 0.6) is 11.6 Å². The summed E-state index contributed by atoms with van der Waals surface area (Å²) in [5.74, 6) is 1.46. The van der Waals surface area contributed by atoms with Gasteiger partial charge in [-0.05, 0) is 54.6 Å². The molecule has 3 nitrogen and oxygen atoms in total. The van der Waals surface area contributed by atoms with E-state index in [1.54, 1.807) is 0 Å². The quantitative estimate of drug-likeness (QED) is 0.923. The summed E-state index contributed by atoms with van der Waals surface area (Å²) in [6, 6.07) is 10.3. The third kappa shape index (κ3) is 4.05. The van der Waals surface area contributed by atoms with Gasteiger partial charge in [-0.15, -0.1) is 0 Å². The van der Waals surface area contributed by atoms with E-state index in [-0.39, 0.29) is 5.41 Å². The van der Waals surface area contributed by atoms with Gasteiger partial charge in [0.05, 0.1) is 0 Å². The highest BCUT2D eigenvalue weighted by molar-refractivity contribution is 5.36. The van der Waals surface area contributed by atoms with E-state index in [1.807, 2.05) is 25.3 Å². The first-order chi connectivity index (χ1) is 9.90. The summed E-state index contributed by atoms with van der Waals surface area (Å²) in [6.45, 7) is 9.24. The molecule has 1 heterocycles. The maximum Gasteiger partial charge on any atom is 0.222 e. The van der Waals surface area contributed by atoms with Crippen LogP contribution in [-0.4, -0.2) is 11.5 Å². The van der Waals surface area contributed by atoms with Gasteiger partial charge in [-0.25, -0.2) is 4.98 Å². The molecule has 0 saturated heterocycles. The minimum absolute atomic E-state index is 0.149. The number of aromatic nitrogens is 1. The van der Waals surface area contributed by atoms with Crippen molar-refractivity contribution in [2.24, 2.45) is 5.73 Å². The molecule has 0 saturated carbocycles. The molecule has 0 bridgehead atoms. The van der Waals surface area contributed by atoms with Gasteiger partial charge >= 0.3 is 0 Å². The van der Waals surface area contributed by atoms with E-state index >= 15 is 0 Å². The number of aryl methyl sites for hydroxylation is 1. The van der Waals surface area contributed by atoms with E-state index in [1.165, 1.54) is 5.56 Å². The molecule has 112 valence electrons. The van der Waals surface area contributed by atoms with Crippen molar-refractivity contribution < 1.29 is 4.74 Å². The second kappa shape index (κ2) is 6.27. The molecule has 0 radical (unpaired) electrons. The lowest BCUT2D eigenvalue weighted by atomic mass is 9.87. The summed E-state index contributed by atoms with van der Waals surface area (Å²) in [7, 11) is 0. The Labute approximate surface area is 127 Å². The van der Waals surface area contributed by atoms with Crippen LogP contribution in [0, 0.1) is 6.92 Å². The third-order valence-corrected chi connectivity index (χ3v) is 3.45. The van der Waals surface area contributed by atoms with E-state index in [0.717, 1.165) is 23.3 Å². The van der Waals surface area contributed by atoms with Gasteiger partial charge in [0.15, 0.2) is 0 Å². The zero-order chi connectivity index (χ0) is 15.5. The Hall–Kier alpha value is -1.87. The number of nitrogens with zero attached hydrogens (tertiary/aromatic N) is 1. The van der Waals surface area contributed by atoms with E-state index in [4.69, 9.17) is 10.5 Å². The summed E-state index contributed by atoms with van der Waals surface area (Å²) in [4.78, 5) is 4.39. The van der Waals surface area contributed by atoms with E-state index in [2.05, 4.69) is 44.0 Å². The fourth-order valence-corrected chi connectivity index (χ4v) is 2.17. The first kappa shape index (κ1) is 15.5. The maximum atomic E-state index is 5.87. The smallest absolute Gasteiger partial charge is 0.222 e. The van der Waals surface area contributed by atoms with Crippen LogP contribution in [0.15, 0.2) is 36.5 Å². The number of pyridine rings is 1. The van der Waals surface area contributed by atoms with Gasteiger partial charge in [0.2, 0.25) is 5.88 Å². The summed E-state index contributed by atoms with van der Waals surface area (Å²) < 4.78 is 5.87. The molecule has 0 aliphatic heterocycles. The van der Waals surface area contributed by atoms with Crippen molar-refractivity contribution in [3.63, 3.8) is 0 Å². The molecule has 0 spiro atoms. The van der Waals surface area contributed by atoms with Crippen LogP contribution in [0.2, 0.25) is 0 Å². The molecular weight excluding hydrogens is 260 g/mol. The average molecular weight is 284 g/mol. The molecule has 3 heteroatoms. The maximum absolute atomic E-state index is 5.87. The third-order valence-electron chi connectivity index (χ3n) is 3.45. The van der Waals surface area contributed by atoms with Crippen LogP contribution in [0.4, 0.5) is 0 Å². The van der Waals surface area contributed by atoms with Crippen molar-refractivity contribution in [3.8, 4) is 11.6 Å². The lowest BCUT2D eigenvalue weighted by molar-refractivity contribution is 0.457. The van der Waals surface area contributed by atoms with Crippen molar-refractivity contribution in [2.45, 2.75) is 39.5 Å². The van der Waals surface area contributed by atoms with E-state index in [9.17, 15) is 0 Å². The standard InChI is InChI=1S/C18H24N2O/c1-13-11-14(9-10-19)12-20-17(13)21-16-7-5-15(6-8-16)18(2,3)4/h5-8,11-12H,9-10,19H2,1-4H3. The number of rotatable bonds is 4. The average Bonchev–Trinajstić information content (AvgIpc) is 2.42. The Morgan fingerprint density at radius 2 is 1.81 bits per heavy atom. The van der Waals surface area contributed by atoms with Crippen molar-refractivity contribution in [1.29, 1.82) is 0 Å². The van der Waals surface area contributed by atoms with E-state index < -0.39 is 0 Å². The molecule has 0 unspecified atom stereocenters. The summed E-state index contributed by atoms with van der Waals surface area (Å²) in [5.41, 5.74) is 9.17. The van der Waals surface area contributed by atoms with Crippen LogP contribution in [0.3, 0.4) is 0 Å². The second-order valence-corrected chi connectivity index (χ2v) is 6.38. The first-order valence-electron chi connectivity index (χ1n) is 7.34. The first-order valence-corrected chi connectivity index (χ1v) is 7.34. The molecule has 21 heavy (non-hydrogen) atoms. The van der Waals surface area contributed by atoms with Crippen LogP contribution >= 0.6 is 0 Å². The molecule has 2 aromatic rings. The Morgan fingerprint density at radius 3 is 2.33 bits per heavy atom. The largest absolute Gasteiger partial charge is 0.439 e. The highest BCUT2D eigenvalue weighted by Crippen LogP contribution is 2.27. The lowest BCUT2D eigenvalue weighted by Crippen LogP contribution is -2.10. The van der Waals surface area contributed by atoms with Gasteiger partial charge in [0.1, 0.15) is 5.75 Å². The predicted octanol–water partition coefficient (Wildman–Crippen LogP) is 3.98. The minimum atomic E-state index is 0.149. The van der Waals surface area contributed by atoms with Crippen LogP contribution in [0.25, 0.3) is 0 Å². The molecule has 0 aliphatic carbocycles. The summed E-state index contributed by atoms with van der Waals surface area (Å²) >= 11 is 0. The number of nitrogens with two attached hydrogens (primary N) is 1. The molecule has 0 fully saturated rings. The van der Waals surface area contributed by atoms with Gasteiger partial charge in [-0.1, -0.05) is 32.9 Å². The van der Waals surface area contributed by atoms with Crippen molar-refractivity contribution in [2.75, 3.05) is 6.54 Å². The van der Waals surface area contributed by atoms with Crippen molar-refractivity contribution >= 4 is 0 Å². The molecule has 2 rings (SSSR count). The Balaban J connectivity index is 2.15. The lowest BCUT2D eigenvalue weighted by Gasteiger charge is -2.19. The van der Waals surface area contributed by atoms with Crippen molar-refractivity contribution in [3.05, 3.63) is 53.2 Å². The molecule has 1 aromatic carbocycles. The number of benzene rings is 1. The molecular formula is C18H24N2O. The predicted molar refractivity (Wildman–Crippen MR) is 86.9 cm³/mol. The molecule has 0 atom stereocenters. The molecule has 1 aromatic heterocycles. The highest BCUT2D eigenvalue weighted by atomic mass is 16.5. The molecule has 0 amide bonds. The topological polar surface area (TPSA) is 48.1 Å². The SMILES string of the molecule is Cc1cc(CCN)cnc1Oc1ccc(C(C)(C)C)cc1. The highest BCUT2D eigenvalue weighted by Gasteiger charge is 2.13. The van der Waals surface area contributed by atoms with Gasteiger partial charge in [0.25, 0.3) is 0 Å². The van der Waals surface area contributed by atoms with Crippen LogP contribution < -0.4 is 10.5 Å². The fourth-order valence-electron chi connectivity index (χ4n) is 2.17. The zero-order valence-electron chi connectivity index (χ0n) is 13.3. The Bertz CT molecular complexity index is 598. The van der Waals surface area contributed by atoms with Crippen molar-refractivity contribution in [1.82, 2.24) is 4.98 Å². The van der Waals surface area contributed by atoms with Gasteiger partial charge in [0, 0.05) is 11.8 Å².